The largest absolute Gasteiger partial charge is 0.339 e. The van der Waals surface area contributed by atoms with Gasteiger partial charge >= 0.3 is 0 Å². The molecule has 0 aliphatic carbocycles. The fraction of sp³-hybridized carbons (Fsp3) is 0.294. The highest BCUT2D eigenvalue weighted by Gasteiger charge is 2.24. The van der Waals surface area contributed by atoms with E-state index in [9.17, 15) is 9.59 Å². The van der Waals surface area contributed by atoms with Gasteiger partial charge in [-0.3, -0.25) is 9.59 Å². The molecule has 2 amide bonds. The predicted octanol–water partition coefficient (Wildman–Crippen LogP) is 3.37. The number of thiophene rings is 1. The molecule has 2 heterocycles. The smallest absolute Gasteiger partial charge is 0.264 e. The maximum absolute atomic E-state index is 12.6. The summed E-state index contributed by atoms with van der Waals surface area (Å²) in [4.78, 5) is 29.3. The van der Waals surface area contributed by atoms with Crippen molar-refractivity contribution in [3.05, 3.63) is 46.3 Å². The first kappa shape index (κ1) is 16.0. The maximum Gasteiger partial charge on any atom is 0.264 e. The maximum atomic E-state index is 12.6. The van der Waals surface area contributed by atoms with Gasteiger partial charge in [0.15, 0.2) is 0 Å². The van der Waals surface area contributed by atoms with Crippen molar-refractivity contribution in [1.82, 2.24) is 9.80 Å². The van der Waals surface area contributed by atoms with Gasteiger partial charge < -0.3 is 9.80 Å². The summed E-state index contributed by atoms with van der Waals surface area (Å²) in [7, 11) is 0. The van der Waals surface area contributed by atoms with Crippen LogP contribution in [0.4, 0.5) is 0 Å². The summed E-state index contributed by atoms with van der Waals surface area (Å²) in [5.41, 5.74) is 1.06. The molecule has 1 aromatic carbocycles. The minimum atomic E-state index is 0.0402. The van der Waals surface area contributed by atoms with Crippen LogP contribution in [0.1, 0.15) is 16.6 Å². The number of hydrogen-bond acceptors (Lipinski definition) is 3. The van der Waals surface area contributed by atoms with Crippen LogP contribution >= 0.6 is 22.9 Å². The van der Waals surface area contributed by atoms with Gasteiger partial charge in [-0.25, -0.2) is 0 Å². The number of benzene rings is 1. The van der Waals surface area contributed by atoms with Gasteiger partial charge in [0.1, 0.15) is 0 Å². The third-order valence-electron chi connectivity index (χ3n) is 3.96. The average molecular weight is 349 g/mol. The van der Waals surface area contributed by atoms with Crippen LogP contribution in [0.25, 0.3) is 10.4 Å². The van der Waals surface area contributed by atoms with Crippen molar-refractivity contribution in [3.63, 3.8) is 0 Å². The second-order valence-electron chi connectivity index (χ2n) is 5.47. The number of carbonyl (C=O) groups is 2. The predicted molar refractivity (Wildman–Crippen MR) is 92.9 cm³/mol. The molecule has 0 bridgehead atoms. The molecule has 1 fully saturated rings. The Hall–Kier alpha value is -1.85. The summed E-state index contributed by atoms with van der Waals surface area (Å²) >= 11 is 7.39. The number of amides is 2. The van der Waals surface area contributed by atoms with Crippen LogP contribution in [-0.2, 0) is 4.79 Å². The lowest BCUT2D eigenvalue weighted by Crippen LogP contribution is -2.49. The normalized spacial score (nSPS) is 14.9. The van der Waals surface area contributed by atoms with E-state index in [4.69, 9.17) is 11.6 Å². The Morgan fingerprint density at radius 1 is 0.957 bits per heavy atom. The Labute approximate surface area is 144 Å². The molecular formula is C17H17ClN2O2S. The monoisotopic (exact) mass is 348 g/mol. The first-order chi connectivity index (χ1) is 11.0. The molecule has 0 radical (unpaired) electrons. The number of rotatable bonds is 2. The highest BCUT2D eigenvalue weighted by atomic mass is 35.5. The van der Waals surface area contributed by atoms with Gasteiger partial charge in [0.2, 0.25) is 5.91 Å². The summed E-state index contributed by atoms with van der Waals surface area (Å²) in [5, 5.41) is 0.699. The van der Waals surface area contributed by atoms with Crippen LogP contribution in [0.2, 0.25) is 5.02 Å². The van der Waals surface area contributed by atoms with Crippen molar-refractivity contribution >= 4 is 34.8 Å². The van der Waals surface area contributed by atoms with Crippen LogP contribution in [0.5, 0.6) is 0 Å². The summed E-state index contributed by atoms with van der Waals surface area (Å²) in [6.07, 6.45) is 0. The minimum absolute atomic E-state index is 0.0402. The van der Waals surface area contributed by atoms with Crippen molar-refractivity contribution in [3.8, 4) is 10.4 Å². The zero-order valence-electron chi connectivity index (χ0n) is 12.8. The standard InChI is InChI=1S/C17H17ClN2O2S/c1-12(21)19-8-10-20(11-9-19)17(22)16-7-6-15(23-16)13-2-4-14(18)5-3-13/h2-7H,8-11H2,1H3. The van der Waals surface area contributed by atoms with Crippen molar-refractivity contribution in [1.29, 1.82) is 0 Å². The van der Waals surface area contributed by atoms with E-state index in [0.717, 1.165) is 15.3 Å². The second-order valence-corrected chi connectivity index (χ2v) is 6.99. The fourth-order valence-corrected chi connectivity index (χ4v) is 3.71. The second kappa shape index (κ2) is 6.72. The Balaban J connectivity index is 1.69. The van der Waals surface area contributed by atoms with Gasteiger partial charge in [0.25, 0.3) is 5.91 Å². The zero-order valence-corrected chi connectivity index (χ0v) is 14.4. The lowest BCUT2D eigenvalue weighted by Gasteiger charge is -2.33. The Kier molecular flexibility index (Phi) is 4.68. The molecule has 1 aromatic heterocycles. The molecule has 0 spiro atoms. The lowest BCUT2D eigenvalue weighted by atomic mass is 10.2. The zero-order chi connectivity index (χ0) is 16.4. The Morgan fingerprint density at radius 3 is 2.17 bits per heavy atom. The van der Waals surface area contributed by atoms with Crippen LogP contribution in [0, 0.1) is 0 Å². The topological polar surface area (TPSA) is 40.6 Å². The molecule has 2 aromatic rings. The Morgan fingerprint density at radius 2 is 1.57 bits per heavy atom. The molecule has 0 N–H and O–H groups in total. The molecule has 1 saturated heterocycles. The van der Waals surface area contributed by atoms with Crippen molar-refractivity contribution in [2.45, 2.75) is 6.92 Å². The van der Waals surface area contributed by atoms with E-state index in [0.29, 0.717) is 31.2 Å². The number of carbonyl (C=O) groups excluding carboxylic acids is 2. The molecule has 0 atom stereocenters. The molecule has 0 saturated carbocycles. The molecule has 1 aliphatic heterocycles. The summed E-state index contributed by atoms with van der Waals surface area (Å²) in [5.74, 6) is 0.108. The number of hydrogen-bond donors (Lipinski definition) is 0. The van der Waals surface area contributed by atoms with E-state index >= 15 is 0 Å². The SMILES string of the molecule is CC(=O)N1CCN(C(=O)c2ccc(-c3ccc(Cl)cc3)s2)CC1. The van der Waals surface area contributed by atoms with Gasteiger partial charge in [-0.2, -0.15) is 0 Å². The number of nitrogens with zero attached hydrogens (tertiary/aromatic N) is 2. The minimum Gasteiger partial charge on any atom is -0.339 e. The molecule has 0 unspecified atom stereocenters. The van der Waals surface area contributed by atoms with Crippen LogP contribution in [0.15, 0.2) is 36.4 Å². The molecule has 3 rings (SSSR count). The number of halogens is 1. The molecule has 6 heteroatoms. The van der Waals surface area contributed by atoms with Crippen molar-refractivity contribution in [2.75, 3.05) is 26.2 Å². The van der Waals surface area contributed by atoms with Crippen molar-refractivity contribution < 1.29 is 9.59 Å². The van der Waals surface area contributed by atoms with Crippen molar-refractivity contribution in [2.24, 2.45) is 0 Å². The van der Waals surface area contributed by atoms with Gasteiger partial charge in [-0.1, -0.05) is 23.7 Å². The summed E-state index contributed by atoms with van der Waals surface area (Å²) in [6.45, 7) is 3.96. The van der Waals surface area contributed by atoms with Gasteiger partial charge in [0, 0.05) is 43.0 Å². The highest BCUT2D eigenvalue weighted by molar-refractivity contribution is 7.17. The third-order valence-corrected chi connectivity index (χ3v) is 5.33. The van der Waals surface area contributed by atoms with E-state index in [2.05, 4.69) is 0 Å². The lowest BCUT2D eigenvalue weighted by molar-refractivity contribution is -0.130. The fourth-order valence-electron chi connectivity index (χ4n) is 2.60. The van der Waals surface area contributed by atoms with E-state index in [-0.39, 0.29) is 11.8 Å². The quantitative estimate of drug-likeness (QED) is 0.834. The molecule has 4 nitrogen and oxygen atoms in total. The molecule has 1 aliphatic rings. The van der Waals surface area contributed by atoms with E-state index in [1.165, 1.54) is 11.3 Å². The molecular weight excluding hydrogens is 332 g/mol. The summed E-state index contributed by atoms with van der Waals surface area (Å²) in [6, 6.07) is 11.4. The highest BCUT2D eigenvalue weighted by Crippen LogP contribution is 2.29. The van der Waals surface area contributed by atoms with Gasteiger partial charge in [0.05, 0.1) is 4.88 Å². The first-order valence-corrected chi connectivity index (χ1v) is 8.64. The number of piperazine rings is 1. The average Bonchev–Trinajstić information content (AvgIpc) is 3.05. The van der Waals surface area contributed by atoms with E-state index in [1.807, 2.05) is 41.3 Å². The first-order valence-electron chi connectivity index (χ1n) is 7.45. The van der Waals surface area contributed by atoms with Gasteiger partial charge in [-0.15, -0.1) is 11.3 Å². The summed E-state index contributed by atoms with van der Waals surface area (Å²) < 4.78 is 0. The van der Waals surface area contributed by atoms with Crippen LogP contribution in [-0.4, -0.2) is 47.8 Å². The molecule has 23 heavy (non-hydrogen) atoms. The third kappa shape index (κ3) is 3.57. The van der Waals surface area contributed by atoms with E-state index < -0.39 is 0 Å². The van der Waals surface area contributed by atoms with E-state index in [1.54, 1.807) is 11.8 Å². The van der Waals surface area contributed by atoms with Crippen LogP contribution < -0.4 is 0 Å². The van der Waals surface area contributed by atoms with Crippen LogP contribution in [0.3, 0.4) is 0 Å². The molecule has 120 valence electrons. The Bertz CT molecular complexity index is 718. The van der Waals surface area contributed by atoms with Gasteiger partial charge in [-0.05, 0) is 29.8 Å².